The zero-order valence-electron chi connectivity index (χ0n) is 19.9. The number of hydrogen-bond donors (Lipinski definition) is 2. The number of carbonyl (C=O) groups is 3. The molecule has 0 aliphatic carbocycles. The Hall–Kier alpha value is -3.46. The van der Waals surface area contributed by atoms with Gasteiger partial charge in [-0.05, 0) is 36.2 Å². The van der Waals surface area contributed by atoms with Gasteiger partial charge >= 0.3 is 0 Å². The number of rotatable bonds is 9. The van der Waals surface area contributed by atoms with E-state index >= 15 is 0 Å². The van der Waals surface area contributed by atoms with Gasteiger partial charge in [0.15, 0.2) is 0 Å². The maximum atomic E-state index is 13.3. The third-order valence-electron chi connectivity index (χ3n) is 5.90. The van der Waals surface area contributed by atoms with Gasteiger partial charge in [-0.25, -0.2) is 0 Å². The molecule has 3 amide bonds. The van der Waals surface area contributed by atoms with Crippen LogP contribution in [0, 0.1) is 5.92 Å². The molecule has 2 atom stereocenters. The van der Waals surface area contributed by atoms with E-state index in [9.17, 15) is 14.4 Å². The van der Waals surface area contributed by atoms with Crippen molar-refractivity contribution in [3.8, 4) is 5.75 Å². The highest BCUT2D eigenvalue weighted by Crippen LogP contribution is 2.28. The average molecular weight is 468 g/mol. The van der Waals surface area contributed by atoms with Gasteiger partial charge in [0.05, 0.1) is 18.7 Å². The monoisotopic (exact) mass is 467 g/mol. The van der Waals surface area contributed by atoms with E-state index in [-0.39, 0.29) is 36.2 Å². The molecule has 1 aliphatic heterocycles. The van der Waals surface area contributed by atoms with Gasteiger partial charge in [0.2, 0.25) is 11.8 Å². The van der Waals surface area contributed by atoms with Crippen molar-refractivity contribution in [1.29, 1.82) is 0 Å². The first kappa shape index (κ1) is 25.2. The van der Waals surface area contributed by atoms with Gasteiger partial charge in [-0.1, -0.05) is 26.0 Å². The van der Waals surface area contributed by atoms with Crippen LogP contribution in [0.15, 0.2) is 48.8 Å². The minimum atomic E-state index is -0.711. The molecule has 1 aromatic heterocycles. The number of nitrogens with one attached hydrogen (secondary N) is 1. The Morgan fingerprint density at radius 1 is 1.26 bits per heavy atom. The molecule has 3 N–H and O–H groups in total. The zero-order chi connectivity index (χ0) is 24.7. The van der Waals surface area contributed by atoms with Crippen LogP contribution in [-0.4, -0.2) is 71.3 Å². The number of likely N-dealkylation sites (tertiary alicyclic amines) is 1. The number of nitrogens with zero attached hydrogens (tertiary/aromatic N) is 3. The van der Waals surface area contributed by atoms with Crippen LogP contribution in [0.4, 0.5) is 0 Å². The fraction of sp³-hybridized carbons (Fsp3) is 0.440. The number of aromatic nitrogens is 1. The first-order valence-electron chi connectivity index (χ1n) is 11.5. The summed E-state index contributed by atoms with van der Waals surface area (Å²) in [5.41, 5.74) is 6.86. The summed E-state index contributed by atoms with van der Waals surface area (Å²) in [6, 6.07) is 9.86. The number of carbonyl (C=O) groups excluding carboxylic acids is 3. The van der Waals surface area contributed by atoms with Gasteiger partial charge in [-0.3, -0.25) is 19.4 Å². The number of pyridine rings is 1. The summed E-state index contributed by atoms with van der Waals surface area (Å²) < 4.78 is 5.33. The second kappa shape index (κ2) is 11.6. The van der Waals surface area contributed by atoms with E-state index in [1.54, 1.807) is 35.2 Å². The van der Waals surface area contributed by atoms with E-state index < -0.39 is 6.04 Å². The topological polar surface area (TPSA) is 118 Å². The summed E-state index contributed by atoms with van der Waals surface area (Å²) in [4.78, 5) is 46.9. The number of ether oxygens (including phenoxy) is 1. The lowest BCUT2D eigenvalue weighted by Gasteiger charge is -2.31. The molecule has 3 rings (SSSR count). The van der Waals surface area contributed by atoms with Crippen molar-refractivity contribution in [1.82, 2.24) is 20.1 Å². The van der Waals surface area contributed by atoms with Crippen molar-refractivity contribution in [2.45, 2.75) is 38.9 Å². The average Bonchev–Trinajstić information content (AvgIpc) is 3.30. The molecular weight excluding hydrogens is 434 g/mol. The maximum absolute atomic E-state index is 13.3. The number of benzene rings is 1. The van der Waals surface area contributed by atoms with Crippen molar-refractivity contribution < 1.29 is 19.1 Å². The largest absolute Gasteiger partial charge is 0.497 e. The van der Waals surface area contributed by atoms with Crippen LogP contribution in [-0.2, 0) is 16.1 Å². The lowest BCUT2D eigenvalue weighted by atomic mass is 10.1. The van der Waals surface area contributed by atoms with Gasteiger partial charge in [-0.2, -0.15) is 0 Å². The Bertz CT molecular complexity index is 998. The van der Waals surface area contributed by atoms with Crippen molar-refractivity contribution in [2.75, 3.05) is 26.7 Å². The normalized spacial score (nSPS) is 17.5. The molecule has 1 aromatic carbocycles. The Balaban J connectivity index is 1.91. The highest BCUT2D eigenvalue weighted by Gasteiger charge is 2.43. The van der Waals surface area contributed by atoms with E-state index in [1.165, 1.54) is 6.20 Å². The summed E-state index contributed by atoms with van der Waals surface area (Å²) in [6.45, 7) is 4.90. The number of hydrogen-bond acceptors (Lipinski definition) is 6. The lowest BCUT2D eigenvalue weighted by molar-refractivity contribution is -0.137. The Morgan fingerprint density at radius 3 is 2.71 bits per heavy atom. The first-order valence-corrected chi connectivity index (χ1v) is 11.5. The van der Waals surface area contributed by atoms with Crippen molar-refractivity contribution in [3.05, 3.63) is 59.9 Å². The molecule has 2 heterocycles. The van der Waals surface area contributed by atoms with E-state index in [2.05, 4.69) is 10.3 Å². The zero-order valence-corrected chi connectivity index (χ0v) is 19.9. The second-order valence-electron chi connectivity index (χ2n) is 8.66. The highest BCUT2D eigenvalue weighted by atomic mass is 16.5. The summed E-state index contributed by atoms with van der Waals surface area (Å²) in [7, 11) is 1.60. The summed E-state index contributed by atoms with van der Waals surface area (Å²) >= 11 is 0. The van der Waals surface area contributed by atoms with E-state index in [1.807, 2.05) is 38.1 Å². The van der Waals surface area contributed by atoms with Crippen LogP contribution in [0.1, 0.15) is 36.2 Å². The van der Waals surface area contributed by atoms with Gasteiger partial charge in [0.1, 0.15) is 11.8 Å². The fourth-order valence-corrected chi connectivity index (χ4v) is 4.17. The van der Waals surface area contributed by atoms with Crippen LogP contribution in [0.2, 0.25) is 0 Å². The number of nitrogens with two attached hydrogens (primary N) is 1. The molecule has 1 saturated heterocycles. The molecule has 0 saturated carbocycles. The van der Waals surface area contributed by atoms with E-state index in [0.29, 0.717) is 37.4 Å². The van der Waals surface area contributed by atoms with Crippen molar-refractivity contribution in [3.63, 3.8) is 0 Å². The fourth-order valence-electron chi connectivity index (χ4n) is 4.17. The third kappa shape index (κ3) is 5.91. The molecule has 182 valence electrons. The Labute approximate surface area is 200 Å². The molecule has 1 aliphatic rings. The van der Waals surface area contributed by atoms with Crippen LogP contribution in [0.5, 0.6) is 5.75 Å². The smallest absolute Gasteiger partial charge is 0.256 e. The van der Waals surface area contributed by atoms with Gasteiger partial charge in [-0.15, -0.1) is 0 Å². The van der Waals surface area contributed by atoms with Crippen LogP contribution < -0.4 is 15.8 Å². The molecule has 0 radical (unpaired) electrons. The molecule has 2 aromatic rings. The summed E-state index contributed by atoms with van der Waals surface area (Å²) in [5.74, 6) is -0.138. The van der Waals surface area contributed by atoms with E-state index in [4.69, 9.17) is 10.5 Å². The Morgan fingerprint density at radius 2 is 2.06 bits per heavy atom. The third-order valence-corrected chi connectivity index (χ3v) is 5.90. The van der Waals surface area contributed by atoms with Crippen molar-refractivity contribution in [2.24, 2.45) is 11.7 Å². The number of amides is 3. The molecule has 1 fully saturated rings. The predicted octanol–water partition coefficient (Wildman–Crippen LogP) is 1.43. The highest BCUT2D eigenvalue weighted by molar-refractivity contribution is 5.98. The number of methoxy groups -OCH3 is 1. The minimum Gasteiger partial charge on any atom is -0.497 e. The molecular formula is C25H33N5O4. The van der Waals surface area contributed by atoms with Gasteiger partial charge < -0.3 is 25.6 Å². The summed E-state index contributed by atoms with van der Waals surface area (Å²) in [5, 5.41) is 2.79. The second-order valence-corrected chi connectivity index (χ2v) is 8.66. The summed E-state index contributed by atoms with van der Waals surface area (Å²) in [6.07, 6.45) is 3.41. The molecule has 0 bridgehead atoms. The van der Waals surface area contributed by atoms with Gasteiger partial charge in [0, 0.05) is 44.5 Å². The molecule has 34 heavy (non-hydrogen) atoms. The van der Waals surface area contributed by atoms with Crippen LogP contribution in [0.25, 0.3) is 0 Å². The molecule has 0 spiro atoms. The molecule has 2 unspecified atom stereocenters. The predicted molar refractivity (Wildman–Crippen MR) is 128 cm³/mol. The Kier molecular flexibility index (Phi) is 8.59. The molecule has 9 nitrogen and oxygen atoms in total. The van der Waals surface area contributed by atoms with Crippen LogP contribution in [0.3, 0.4) is 0 Å². The van der Waals surface area contributed by atoms with Crippen LogP contribution >= 0.6 is 0 Å². The minimum absolute atomic E-state index is 0.0374. The lowest BCUT2D eigenvalue weighted by Crippen LogP contribution is -2.47. The van der Waals surface area contributed by atoms with E-state index in [0.717, 1.165) is 5.56 Å². The molecule has 9 heteroatoms. The van der Waals surface area contributed by atoms with Crippen molar-refractivity contribution >= 4 is 17.7 Å². The first-order chi connectivity index (χ1) is 16.3. The quantitative estimate of drug-likeness (QED) is 0.576. The SMILES string of the molecule is COc1cccc(CN(C(=O)C(C)C)C2CC(C(=O)NCCN)N(C(=O)c3cccnc3)C2)c1. The van der Waals surface area contributed by atoms with Gasteiger partial charge in [0.25, 0.3) is 5.91 Å². The maximum Gasteiger partial charge on any atom is 0.256 e. The standard InChI is InChI=1S/C25H33N5O4/c1-17(2)24(32)29(15-18-6-4-8-21(12-18)34-3)20-13-22(23(31)28-11-9-26)30(16-20)25(33)19-7-5-10-27-14-19/h4-8,10,12,14,17,20,22H,9,11,13,15-16,26H2,1-3H3,(H,28,31).